The number of hydrogen-bond donors (Lipinski definition) is 3. The number of rotatable bonds is 7. The molecule has 8 heteroatoms. The van der Waals surface area contributed by atoms with Crippen LogP contribution in [0.2, 0.25) is 0 Å². The van der Waals surface area contributed by atoms with E-state index in [4.69, 9.17) is 9.66 Å². The number of carboxylic acid groups (broad SMARTS) is 1. The van der Waals surface area contributed by atoms with Crippen LogP contribution in [-0.2, 0) is 19.7 Å². The summed E-state index contributed by atoms with van der Waals surface area (Å²) in [6, 6.07) is -1.10. The highest BCUT2D eigenvalue weighted by Gasteiger charge is 2.37. The number of amides is 1. The third kappa shape index (κ3) is 4.30. The van der Waals surface area contributed by atoms with E-state index < -0.39 is 38.9 Å². The Bertz CT molecular complexity index is 467. The van der Waals surface area contributed by atoms with Crippen LogP contribution in [0.4, 0.5) is 0 Å². The topological polar surface area (TPSA) is 121 Å². The van der Waals surface area contributed by atoms with Gasteiger partial charge in [-0.05, 0) is 12.5 Å². The lowest BCUT2D eigenvalue weighted by Crippen LogP contribution is -2.47. The Labute approximate surface area is 105 Å². The first kappa shape index (κ1) is 16.3. The monoisotopic (exact) mass is 277 g/mol. The summed E-state index contributed by atoms with van der Waals surface area (Å²) < 4.78 is 31.5. The van der Waals surface area contributed by atoms with Crippen molar-refractivity contribution in [3.63, 3.8) is 0 Å². The zero-order chi connectivity index (χ0) is 14.5. The molecule has 18 heavy (non-hydrogen) atoms. The zero-order valence-electron chi connectivity index (χ0n) is 9.79. The van der Waals surface area contributed by atoms with E-state index in [1.807, 2.05) is 0 Å². The van der Waals surface area contributed by atoms with Gasteiger partial charge in [-0.3, -0.25) is 9.35 Å². The maximum atomic E-state index is 11.2. The number of carboxylic acids is 1. The van der Waals surface area contributed by atoms with E-state index in [2.05, 4.69) is 18.5 Å². The van der Waals surface area contributed by atoms with Crippen molar-refractivity contribution < 1.29 is 27.7 Å². The Morgan fingerprint density at radius 1 is 1.44 bits per heavy atom. The lowest BCUT2D eigenvalue weighted by molar-refractivity contribution is -0.133. The Hall–Kier alpha value is -1.67. The first-order chi connectivity index (χ1) is 8.15. The average Bonchev–Trinajstić information content (AvgIpc) is 2.25. The quantitative estimate of drug-likeness (QED) is 0.443. The lowest BCUT2D eigenvalue weighted by atomic mass is 10.0. The highest BCUT2D eigenvalue weighted by Crippen LogP contribution is 2.17. The Morgan fingerprint density at radius 3 is 2.22 bits per heavy atom. The molecule has 0 saturated carbocycles. The summed E-state index contributed by atoms with van der Waals surface area (Å²) in [5.74, 6) is -2.24. The first-order valence-electron chi connectivity index (χ1n) is 4.96. The summed E-state index contributed by atoms with van der Waals surface area (Å²) in [5, 5.41) is 9.18. The van der Waals surface area contributed by atoms with Crippen LogP contribution >= 0.6 is 0 Å². The average molecular weight is 277 g/mol. The van der Waals surface area contributed by atoms with Crippen molar-refractivity contribution in [1.29, 1.82) is 0 Å². The maximum absolute atomic E-state index is 11.2. The molecule has 102 valence electrons. The molecule has 0 saturated heterocycles. The Morgan fingerprint density at radius 2 is 1.94 bits per heavy atom. The molecule has 0 heterocycles. The van der Waals surface area contributed by atoms with Crippen LogP contribution in [0.15, 0.2) is 24.8 Å². The highest BCUT2D eigenvalue weighted by atomic mass is 32.2. The van der Waals surface area contributed by atoms with Gasteiger partial charge in [0.05, 0.1) is 11.6 Å². The molecule has 0 rings (SSSR count). The van der Waals surface area contributed by atoms with Crippen molar-refractivity contribution in [2.75, 3.05) is 0 Å². The summed E-state index contributed by atoms with van der Waals surface area (Å²) >= 11 is 0. The molecular weight excluding hydrogens is 262 g/mol. The molecule has 2 unspecified atom stereocenters. The minimum atomic E-state index is -4.70. The van der Waals surface area contributed by atoms with Gasteiger partial charge in [-0.25, -0.2) is 4.79 Å². The van der Waals surface area contributed by atoms with Crippen LogP contribution in [0.25, 0.3) is 0 Å². The van der Waals surface area contributed by atoms with Gasteiger partial charge in [0, 0.05) is 0 Å². The minimum absolute atomic E-state index is 0.0936. The van der Waals surface area contributed by atoms with E-state index in [0.717, 1.165) is 6.08 Å². The number of aliphatic carboxylic acids is 1. The second kappa shape index (κ2) is 6.31. The van der Waals surface area contributed by atoms with Crippen molar-refractivity contribution in [1.82, 2.24) is 5.32 Å². The van der Waals surface area contributed by atoms with Gasteiger partial charge in [0.15, 0.2) is 0 Å². The molecule has 0 aromatic heterocycles. The van der Waals surface area contributed by atoms with Gasteiger partial charge >= 0.3 is 5.97 Å². The Balaban J connectivity index is 5.41. The van der Waals surface area contributed by atoms with Crippen molar-refractivity contribution in [3.8, 4) is 0 Å². The number of carbonyl (C=O) groups is 2. The van der Waals surface area contributed by atoms with Gasteiger partial charge in [-0.15, -0.1) is 0 Å². The predicted octanol–water partition coefficient (Wildman–Crippen LogP) is -0.0356. The van der Waals surface area contributed by atoms with Gasteiger partial charge in [0.25, 0.3) is 10.1 Å². The summed E-state index contributed by atoms with van der Waals surface area (Å²) in [6.07, 6.45) is 1.00. The molecule has 0 spiro atoms. The second-order valence-electron chi connectivity index (χ2n) is 3.49. The van der Waals surface area contributed by atoms with Gasteiger partial charge in [0.2, 0.25) is 5.91 Å². The SMILES string of the molecule is C=CC(=O)NC(CC)C(C(=C)C(=O)O)S(=O)(=O)O. The number of hydrogen-bond acceptors (Lipinski definition) is 4. The highest BCUT2D eigenvalue weighted by molar-refractivity contribution is 7.86. The van der Waals surface area contributed by atoms with Crippen molar-refractivity contribution in [3.05, 3.63) is 24.8 Å². The van der Waals surface area contributed by atoms with E-state index in [9.17, 15) is 18.0 Å². The molecule has 0 aliphatic carbocycles. The smallest absolute Gasteiger partial charge is 0.332 e. The molecule has 0 radical (unpaired) electrons. The third-order valence-electron chi connectivity index (χ3n) is 2.26. The van der Waals surface area contributed by atoms with Gasteiger partial charge in [0.1, 0.15) is 5.25 Å². The summed E-state index contributed by atoms with van der Waals surface area (Å²) in [5.41, 5.74) is -0.714. The molecular formula is C10H15NO6S. The second-order valence-corrected chi connectivity index (χ2v) is 5.03. The number of carbonyl (C=O) groups excluding carboxylic acids is 1. The van der Waals surface area contributed by atoms with Crippen LogP contribution in [-0.4, -0.2) is 41.2 Å². The van der Waals surface area contributed by atoms with Crippen LogP contribution < -0.4 is 5.32 Å². The van der Waals surface area contributed by atoms with E-state index in [1.54, 1.807) is 0 Å². The van der Waals surface area contributed by atoms with Crippen LogP contribution in [0.1, 0.15) is 13.3 Å². The summed E-state index contributed by atoms with van der Waals surface area (Å²) in [6.45, 7) is 7.82. The van der Waals surface area contributed by atoms with E-state index in [1.165, 1.54) is 6.92 Å². The van der Waals surface area contributed by atoms with Gasteiger partial charge < -0.3 is 10.4 Å². The first-order valence-corrected chi connectivity index (χ1v) is 6.46. The lowest BCUT2D eigenvalue weighted by Gasteiger charge is -2.24. The third-order valence-corrected chi connectivity index (χ3v) is 3.51. The fourth-order valence-corrected chi connectivity index (χ4v) is 2.52. The molecule has 1 amide bonds. The standard InChI is InChI=1S/C10H15NO6S/c1-4-7(11-8(12)5-2)9(18(15,16)17)6(3)10(13)14/h5,7,9H,2-4H2,1H3,(H,11,12)(H,13,14)(H,15,16,17). The summed E-state index contributed by atoms with van der Waals surface area (Å²) in [4.78, 5) is 21.9. The zero-order valence-corrected chi connectivity index (χ0v) is 10.6. The molecule has 0 aliphatic heterocycles. The van der Waals surface area contributed by atoms with Crippen LogP contribution in [0.3, 0.4) is 0 Å². The van der Waals surface area contributed by atoms with Crippen LogP contribution in [0.5, 0.6) is 0 Å². The largest absolute Gasteiger partial charge is 0.478 e. The fourth-order valence-electron chi connectivity index (χ4n) is 1.39. The van der Waals surface area contributed by atoms with Crippen molar-refractivity contribution in [2.45, 2.75) is 24.6 Å². The minimum Gasteiger partial charge on any atom is -0.478 e. The van der Waals surface area contributed by atoms with E-state index in [-0.39, 0.29) is 6.42 Å². The maximum Gasteiger partial charge on any atom is 0.332 e. The normalized spacial score (nSPS) is 14.3. The molecule has 7 nitrogen and oxygen atoms in total. The van der Waals surface area contributed by atoms with Crippen molar-refractivity contribution >= 4 is 22.0 Å². The molecule has 3 N–H and O–H groups in total. The van der Waals surface area contributed by atoms with Gasteiger partial charge in [-0.2, -0.15) is 8.42 Å². The Kier molecular flexibility index (Phi) is 5.73. The molecule has 0 aromatic carbocycles. The van der Waals surface area contributed by atoms with Gasteiger partial charge in [-0.1, -0.05) is 20.1 Å². The molecule has 0 fully saturated rings. The van der Waals surface area contributed by atoms with Crippen LogP contribution in [0, 0.1) is 0 Å². The molecule has 0 aliphatic rings. The van der Waals surface area contributed by atoms with Crippen molar-refractivity contribution in [2.24, 2.45) is 0 Å². The predicted molar refractivity (Wildman–Crippen MR) is 64.5 cm³/mol. The molecule has 2 atom stereocenters. The van der Waals surface area contributed by atoms with E-state index in [0.29, 0.717) is 0 Å². The molecule has 0 aromatic rings. The van der Waals surface area contributed by atoms with E-state index >= 15 is 0 Å². The molecule has 0 bridgehead atoms. The fraction of sp³-hybridized carbons (Fsp3) is 0.400. The number of nitrogens with one attached hydrogen (secondary N) is 1. The summed E-state index contributed by atoms with van der Waals surface area (Å²) in [7, 11) is -4.70.